The van der Waals surface area contributed by atoms with Gasteiger partial charge in [0.1, 0.15) is 11.5 Å². The fraction of sp³-hybridized carbons (Fsp3) is 0.421. The highest BCUT2D eigenvalue weighted by atomic mass is 16.2. The Hall–Kier alpha value is -3.23. The number of anilines is 1. The van der Waals surface area contributed by atoms with Gasteiger partial charge in [0.25, 0.3) is 5.91 Å². The second-order valence-electron chi connectivity index (χ2n) is 7.28. The van der Waals surface area contributed by atoms with Crippen LogP contribution < -0.4 is 10.2 Å². The first kappa shape index (κ1) is 18.1. The quantitative estimate of drug-likeness (QED) is 0.805. The number of para-hydroxylation sites is 1. The summed E-state index contributed by atoms with van der Waals surface area (Å²) in [6.07, 6.45) is 1.06. The first-order valence-corrected chi connectivity index (χ1v) is 9.29. The van der Waals surface area contributed by atoms with Crippen molar-refractivity contribution in [2.75, 3.05) is 11.4 Å². The van der Waals surface area contributed by atoms with Crippen LogP contribution in [-0.4, -0.2) is 50.0 Å². The lowest BCUT2D eigenvalue weighted by Crippen LogP contribution is -2.62. The lowest BCUT2D eigenvalue weighted by Gasteiger charge is -2.48. The summed E-state index contributed by atoms with van der Waals surface area (Å²) >= 11 is 0. The molecule has 1 atom stereocenters. The van der Waals surface area contributed by atoms with Crippen LogP contribution in [0.1, 0.15) is 48.2 Å². The van der Waals surface area contributed by atoms with E-state index in [1.807, 2.05) is 13.0 Å². The molecule has 0 bridgehead atoms. The van der Waals surface area contributed by atoms with Gasteiger partial charge in [-0.1, -0.05) is 12.1 Å². The van der Waals surface area contributed by atoms with Crippen LogP contribution in [0.15, 0.2) is 24.3 Å². The number of carbonyl (C=O) groups is 3. The van der Waals surface area contributed by atoms with E-state index in [9.17, 15) is 14.4 Å². The molecule has 2 aromatic rings. The van der Waals surface area contributed by atoms with Crippen LogP contribution in [0, 0.1) is 6.92 Å². The van der Waals surface area contributed by atoms with Crippen LogP contribution in [0.2, 0.25) is 0 Å². The van der Waals surface area contributed by atoms with Crippen LogP contribution in [0.25, 0.3) is 0 Å². The van der Waals surface area contributed by atoms with E-state index >= 15 is 0 Å². The minimum Gasteiger partial charge on any atom is -0.349 e. The zero-order chi connectivity index (χ0) is 19.9. The maximum Gasteiger partial charge on any atom is 0.257 e. The molecular formula is C19H22N6O3. The fourth-order valence-corrected chi connectivity index (χ4v) is 3.99. The summed E-state index contributed by atoms with van der Waals surface area (Å²) in [7, 11) is 0. The maximum atomic E-state index is 13.1. The Morgan fingerprint density at radius 1 is 1.32 bits per heavy atom. The number of amides is 3. The Morgan fingerprint density at radius 2 is 2.11 bits per heavy atom. The van der Waals surface area contributed by atoms with Crippen LogP contribution in [0.5, 0.6) is 0 Å². The Kier molecular flexibility index (Phi) is 4.37. The highest BCUT2D eigenvalue weighted by Crippen LogP contribution is 2.43. The largest absolute Gasteiger partial charge is 0.349 e. The zero-order valence-electron chi connectivity index (χ0n) is 15.9. The molecule has 3 heterocycles. The van der Waals surface area contributed by atoms with E-state index in [4.69, 9.17) is 0 Å². The number of nitrogens with zero attached hydrogens (tertiary/aromatic N) is 4. The van der Waals surface area contributed by atoms with Gasteiger partial charge in [-0.2, -0.15) is 5.10 Å². The van der Waals surface area contributed by atoms with Gasteiger partial charge in [-0.25, -0.2) is 4.98 Å². The third kappa shape index (κ3) is 2.92. The van der Waals surface area contributed by atoms with E-state index in [1.165, 1.54) is 0 Å². The monoisotopic (exact) mass is 382 g/mol. The van der Waals surface area contributed by atoms with Crippen molar-refractivity contribution in [3.05, 3.63) is 41.5 Å². The van der Waals surface area contributed by atoms with Crippen molar-refractivity contribution in [1.82, 2.24) is 25.4 Å². The van der Waals surface area contributed by atoms with E-state index in [0.29, 0.717) is 35.7 Å². The first-order valence-electron chi connectivity index (χ1n) is 9.29. The van der Waals surface area contributed by atoms with Gasteiger partial charge in [0.2, 0.25) is 11.8 Å². The molecule has 0 aliphatic carbocycles. The second kappa shape index (κ2) is 6.74. The van der Waals surface area contributed by atoms with Gasteiger partial charge in [-0.15, -0.1) is 0 Å². The molecule has 28 heavy (non-hydrogen) atoms. The summed E-state index contributed by atoms with van der Waals surface area (Å²) in [6, 6.07) is 7.13. The molecule has 3 amide bonds. The van der Waals surface area contributed by atoms with Gasteiger partial charge in [0.05, 0.1) is 17.8 Å². The Labute approximate surface area is 162 Å². The number of aromatic nitrogens is 3. The number of hydrogen-bond donors (Lipinski definition) is 2. The first-order chi connectivity index (χ1) is 13.4. The predicted octanol–water partition coefficient (Wildman–Crippen LogP) is 1.12. The zero-order valence-corrected chi connectivity index (χ0v) is 15.9. The molecule has 4 rings (SSSR count). The summed E-state index contributed by atoms with van der Waals surface area (Å²) in [5.74, 6) is 0.834. The number of benzene rings is 1. The van der Waals surface area contributed by atoms with Crippen molar-refractivity contribution in [1.29, 1.82) is 0 Å². The van der Waals surface area contributed by atoms with Crippen LogP contribution in [0.4, 0.5) is 5.69 Å². The number of carbonyl (C=O) groups excluding carboxylic acids is 3. The van der Waals surface area contributed by atoms with E-state index in [0.717, 1.165) is 0 Å². The number of hydrogen-bond acceptors (Lipinski definition) is 5. The average Bonchev–Trinajstić information content (AvgIpc) is 3.23. The lowest BCUT2D eigenvalue weighted by atomic mass is 9.98. The highest BCUT2D eigenvalue weighted by molar-refractivity contribution is 6.10. The van der Waals surface area contributed by atoms with Crippen molar-refractivity contribution >= 4 is 23.4 Å². The second-order valence-corrected chi connectivity index (χ2v) is 7.28. The van der Waals surface area contributed by atoms with E-state index in [-0.39, 0.29) is 37.2 Å². The Bertz CT molecular complexity index is 955. The molecule has 0 radical (unpaired) electrons. The molecule has 1 saturated heterocycles. The molecule has 1 fully saturated rings. The summed E-state index contributed by atoms with van der Waals surface area (Å²) in [5, 5.41) is 9.47. The highest BCUT2D eigenvalue weighted by Gasteiger charge is 2.52. The van der Waals surface area contributed by atoms with Gasteiger partial charge in [-0.05, 0) is 32.4 Å². The molecule has 1 aromatic heterocycles. The van der Waals surface area contributed by atoms with Crippen molar-refractivity contribution in [2.24, 2.45) is 0 Å². The van der Waals surface area contributed by atoms with Gasteiger partial charge in [-0.3, -0.25) is 24.4 Å². The normalized spacial score (nSPS) is 20.9. The topological polar surface area (TPSA) is 111 Å². The summed E-state index contributed by atoms with van der Waals surface area (Å²) in [5.41, 5.74) is 0.397. The van der Waals surface area contributed by atoms with E-state index < -0.39 is 5.66 Å². The van der Waals surface area contributed by atoms with Gasteiger partial charge in [0.15, 0.2) is 5.82 Å². The van der Waals surface area contributed by atoms with Gasteiger partial charge in [0, 0.05) is 19.4 Å². The molecule has 9 nitrogen and oxygen atoms in total. The minimum atomic E-state index is -0.746. The van der Waals surface area contributed by atoms with Crippen LogP contribution >= 0.6 is 0 Å². The molecule has 2 N–H and O–H groups in total. The summed E-state index contributed by atoms with van der Waals surface area (Å²) in [6.45, 7) is 4.13. The molecule has 9 heteroatoms. The average molecular weight is 382 g/mol. The molecule has 0 unspecified atom stereocenters. The number of aryl methyl sites for hydroxylation is 1. The van der Waals surface area contributed by atoms with Gasteiger partial charge >= 0.3 is 0 Å². The van der Waals surface area contributed by atoms with Crippen LogP contribution in [0.3, 0.4) is 0 Å². The summed E-state index contributed by atoms with van der Waals surface area (Å²) in [4.78, 5) is 45.4. The maximum absolute atomic E-state index is 13.1. The van der Waals surface area contributed by atoms with Crippen molar-refractivity contribution in [3.63, 3.8) is 0 Å². The van der Waals surface area contributed by atoms with Crippen LogP contribution in [-0.2, 0) is 16.1 Å². The molecule has 0 spiro atoms. The number of H-pyrrole nitrogens is 1. The van der Waals surface area contributed by atoms with E-state index in [2.05, 4.69) is 20.5 Å². The molecular weight excluding hydrogens is 360 g/mol. The molecule has 2 aliphatic heterocycles. The standard InChI is InChI=1S/C19H22N6O3/c1-12-21-15(23-22-12)11-20-16(26)8-10-24-18(28)13-5-3-4-6-14(13)25-17(27)7-9-19(24,25)2/h3-6H,7-11H2,1-2H3,(H,20,26)(H,21,22,23)/t19-/m1/s1. The Balaban J connectivity index is 1.48. The van der Waals surface area contributed by atoms with E-state index in [1.54, 1.807) is 34.9 Å². The third-order valence-electron chi connectivity index (χ3n) is 5.40. The lowest BCUT2D eigenvalue weighted by molar-refractivity contribution is -0.121. The number of aromatic amines is 1. The number of nitrogens with one attached hydrogen (secondary N) is 2. The fourth-order valence-electron chi connectivity index (χ4n) is 3.99. The molecule has 1 aromatic carbocycles. The molecule has 2 aliphatic rings. The smallest absolute Gasteiger partial charge is 0.257 e. The Morgan fingerprint density at radius 3 is 2.86 bits per heavy atom. The minimum absolute atomic E-state index is 0.00289. The van der Waals surface area contributed by atoms with Crippen molar-refractivity contribution < 1.29 is 14.4 Å². The van der Waals surface area contributed by atoms with Gasteiger partial charge < -0.3 is 10.2 Å². The van der Waals surface area contributed by atoms with Crippen molar-refractivity contribution in [2.45, 2.75) is 45.3 Å². The number of fused-ring (bicyclic) bond motifs is 3. The summed E-state index contributed by atoms with van der Waals surface area (Å²) < 4.78 is 0. The number of rotatable bonds is 5. The van der Waals surface area contributed by atoms with Crippen molar-refractivity contribution in [3.8, 4) is 0 Å². The third-order valence-corrected chi connectivity index (χ3v) is 5.40. The predicted molar refractivity (Wildman–Crippen MR) is 100 cm³/mol. The SMILES string of the molecule is Cc1nc(CNC(=O)CCN2C(=O)c3ccccc3N3C(=O)CC[C@]23C)n[nH]1. The molecule has 146 valence electrons. The molecule has 0 saturated carbocycles.